The summed E-state index contributed by atoms with van der Waals surface area (Å²) in [6.07, 6.45) is 2.01. The Morgan fingerprint density at radius 1 is 1.44 bits per heavy atom. The second-order valence-electron chi connectivity index (χ2n) is 4.38. The SMILES string of the molecule is Cc1ccc(C(=O)N2CCC2CCN)cc1. The highest BCUT2D eigenvalue weighted by Gasteiger charge is 2.31. The molecule has 0 saturated carbocycles. The maximum atomic E-state index is 12.1. The monoisotopic (exact) mass is 218 g/mol. The van der Waals surface area contributed by atoms with Crippen LogP contribution in [0.5, 0.6) is 0 Å². The number of benzene rings is 1. The number of hydrogen-bond acceptors (Lipinski definition) is 2. The summed E-state index contributed by atoms with van der Waals surface area (Å²) in [5.41, 5.74) is 7.49. The Kier molecular flexibility index (Phi) is 3.25. The van der Waals surface area contributed by atoms with Crippen molar-refractivity contribution in [2.45, 2.75) is 25.8 Å². The van der Waals surface area contributed by atoms with Crippen LogP contribution in [0, 0.1) is 6.92 Å². The molecule has 3 heteroatoms. The van der Waals surface area contributed by atoms with Crippen LogP contribution in [0.3, 0.4) is 0 Å². The third kappa shape index (κ3) is 2.09. The quantitative estimate of drug-likeness (QED) is 0.836. The predicted molar refractivity (Wildman–Crippen MR) is 64.3 cm³/mol. The topological polar surface area (TPSA) is 46.3 Å². The van der Waals surface area contributed by atoms with Crippen molar-refractivity contribution in [2.24, 2.45) is 5.73 Å². The van der Waals surface area contributed by atoms with Gasteiger partial charge in [0.15, 0.2) is 0 Å². The third-order valence-electron chi connectivity index (χ3n) is 3.20. The molecule has 0 bridgehead atoms. The standard InChI is InChI=1S/C13H18N2O/c1-10-2-4-11(5-3-10)13(16)15-9-7-12(15)6-8-14/h2-5,12H,6-9,14H2,1H3. The first kappa shape index (κ1) is 11.1. The zero-order chi connectivity index (χ0) is 11.5. The zero-order valence-electron chi connectivity index (χ0n) is 9.65. The first-order chi connectivity index (χ1) is 7.72. The molecule has 2 rings (SSSR count). The van der Waals surface area contributed by atoms with Gasteiger partial charge in [-0.05, 0) is 38.4 Å². The maximum Gasteiger partial charge on any atom is 0.254 e. The third-order valence-corrected chi connectivity index (χ3v) is 3.20. The largest absolute Gasteiger partial charge is 0.335 e. The van der Waals surface area contributed by atoms with E-state index in [0.717, 1.165) is 24.9 Å². The van der Waals surface area contributed by atoms with Crippen molar-refractivity contribution < 1.29 is 4.79 Å². The highest BCUT2D eigenvalue weighted by molar-refractivity contribution is 5.94. The van der Waals surface area contributed by atoms with E-state index in [9.17, 15) is 4.79 Å². The Labute approximate surface area is 96.2 Å². The summed E-state index contributed by atoms with van der Waals surface area (Å²) >= 11 is 0. The molecule has 1 amide bonds. The van der Waals surface area contributed by atoms with Crippen molar-refractivity contribution in [2.75, 3.05) is 13.1 Å². The summed E-state index contributed by atoms with van der Waals surface area (Å²) in [6, 6.07) is 8.11. The molecule has 0 aromatic heterocycles. The van der Waals surface area contributed by atoms with Gasteiger partial charge in [-0.3, -0.25) is 4.79 Å². The van der Waals surface area contributed by atoms with E-state index in [-0.39, 0.29) is 5.91 Å². The smallest absolute Gasteiger partial charge is 0.254 e. The van der Waals surface area contributed by atoms with Crippen LogP contribution in [0.1, 0.15) is 28.8 Å². The predicted octanol–water partition coefficient (Wildman–Crippen LogP) is 1.56. The number of carbonyl (C=O) groups is 1. The van der Waals surface area contributed by atoms with Crippen LogP contribution in [-0.4, -0.2) is 29.9 Å². The van der Waals surface area contributed by atoms with Gasteiger partial charge in [0.25, 0.3) is 5.91 Å². The Morgan fingerprint density at radius 2 is 2.12 bits per heavy atom. The highest BCUT2D eigenvalue weighted by atomic mass is 16.2. The average molecular weight is 218 g/mol. The van der Waals surface area contributed by atoms with Crippen LogP contribution >= 0.6 is 0 Å². The fraction of sp³-hybridized carbons (Fsp3) is 0.462. The van der Waals surface area contributed by atoms with Gasteiger partial charge in [0.05, 0.1) is 0 Å². The number of carbonyl (C=O) groups excluding carboxylic acids is 1. The van der Waals surface area contributed by atoms with Crippen molar-refractivity contribution in [3.05, 3.63) is 35.4 Å². The van der Waals surface area contributed by atoms with Gasteiger partial charge < -0.3 is 10.6 Å². The lowest BCUT2D eigenvalue weighted by Gasteiger charge is -2.41. The molecule has 1 fully saturated rings. The molecule has 1 aliphatic heterocycles. The molecule has 1 unspecified atom stereocenters. The van der Waals surface area contributed by atoms with Crippen molar-refractivity contribution in [3.8, 4) is 0 Å². The fourth-order valence-electron chi connectivity index (χ4n) is 2.06. The molecule has 1 saturated heterocycles. The van der Waals surface area contributed by atoms with E-state index in [2.05, 4.69) is 0 Å². The van der Waals surface area contributed by atoms with Crippen LogP contribution in [0.15, 0.2) is 24.3 Å². The van der Waals surface area contributed by atoms with Crippen LogP contribution in [0.4, 0.5) is 0 Å². The minimum absolute atomic E-state index is 0.143. The average Bonchev–Trinajstić information content (AvgIpc) is 2.25. The number of likely N-dealkylation sites (tertiary alicyclic amines) is 1. The molecule has 86 valence electrons. The molecule has 1 aromatic carbocycles. The van der Waals surface area contributed by atoms with Crippen molar-refractivity contribution in [1.29, 1.82) is 0 Å². The van der Waals surface area contributed by atoms with Crippen molar-refractivity contribution >= 4 is 5.91 Å². The minimum atomic E-state index is 0.143. The van der Waals surface area contributed by atoms with Gasteiger partial charge in [0.1, 0.15) is 0 Å². The van der Waals surface area contributed by atoms with Gasteiger partial charge in [-0.2, -0.15) is 0 Å². The van der Waals surface area contributed by atoms with E-state index in [0.29, 0.717) is 12.6 Å². The summed E-state index contributed by atoms with van der Waals surface area (Å²) < 4.78 is 0. The lowest BCUT2D eigenvalue weighted by molar-refractivity contribution is 0.0450. The molecule has 2 N–H and O–H groups in total. The normalized spacial score (nSPS) is 19.4. The minimum Gasteiger partial charge on any atom is -0.335 e. The number of amides is 1. The molecular formula is C13H18N2O. The summed E-state index contributed by atoms with van der Waals surface area (Å²) in [5.74, 6) is 0.143. The number of nitrogens with zero attached hydrogens (tertiary/aromatic N) is 1. The summed E-state index contributed by atoms with van der Waals surface area (Å²) in [4.78, 5) is 14.0. The zero-order valence-corrected chi connectivity index (χ0v) is 9.65. The maximum absolute atomic E-state index is 12.1. The molecule has 3 nitrogen and oxygen atoms in total. The van der Waals surface area contributed by atoms with E-state index >= 15 is 0 Å². The number of aryl methyl sites for hydroxylation is 1. The second-order valence-corrected chi connectivity index (χ2v) is 4.38. The van der Waals surface area contributed by atoms with Gasteiger partial charge in [-0.15, -0.1) is 0 Å². The number of nitrogens with two attached hydrogens (primary N) is 1. The van der Waals surface area contributed by atoms with Gasteiger partial charge >= 0.3 is 0 Å². The molecule has 0 aliphatic carbocycles. The van der Waals surface area contributed by atoms with Gasteiger partial charge in [-0.25, -0.2) is 0 Å². The Morgan fingerprint density at radius 3 is 2.62 bits per heavy atom. The molecule has 1 heterocycles. The van der Waals surface area contributed by atoms with Crippen LogP contribution in [-0.2, 0) is 0 Å². The van der Waals surface area contributed by atoms with E-state index in [1.54, 1.807) is 0 Å². The molecule has 1 aromatic rings. The highest BCUT2D eigenvalue weighted by Crippen LogP contribution is 2.22. The summed E-state index contributed by atoms with van der Waals surface area (Å²) in [6.45, 7) is 3.55. The van der Waals surface area contributed by atoms with Crippen LogP contribution < -0.4 is 5.73 Å². The van der Waals surface area contributed by atoms with Gasteiger partial charge in [0.2, 0.25) is 0 Å². The van der Waals surface area contributed by atoms with Gasteiger partial charge in [-0.1, -0.05) is 17.7 Å². The first-order valence-electron chi connectivity index (χ1n) is 5.80. The molecule has 16 heavy (non-hydrogen) atoms. The van der Waals surface area contributed by atoms with E-state index in [1.807, 2.05) is 36.1 Å². The van der Waals surface area contributed by atoms with E-state index < -0.39 is 0 Å². The fourth-order valence-corrected chi connectivity index (χ4v) is 2.06. The molecule has 1 atom stereocenters. The van der Waals surface area contributed by atoms with Crippen molar-refractivity contribution in [3.63, 3.8) is 0 Å². The van der Waals surface area contributed by atoms with Crippen molar-refractivity contribution in [1.82, 2.24) is 4.90 Å². The van der Waals surface area contributed by atoms with Crippen LogP contribution in [0.25, 0.3) is 0 Å². The summed E-state index contributed by atoms with van der Waals surface area (Å²) in [7, 11) is 0. The lowest BCUT2D eigenvalue weighted by atomic mass is 9.98. The Bertz CT molecular complexity index is 372. The van der Waals surface area contributed by atoms with E-state index in [4.69, 9.17) is 5.73 Å². The first-order valence-corrected chi connectivity index (χ1v) is 5.80. The summed E-state index contributed by atoms with van der Waals surface area (Å²) in [5, 5.41) is 0. The number of hydrogen-bond donors (Lipinski definition) is 1. The second kappa shape index (κ2) is 4.66. The number of rotatable bonds is 3. The Hall–Kier alpha value is -1.35. The Balaban J connectivity index is 2.05. The van der Waals surface area contributed by atoms with Crippen LogP contribution in [0.2, 0.25) is 0 Å². The molecular weight excluding hydrogens is 200 g/mol. The molecule has 0 spiro atoms. The lowest BCUT2D eigenvalue weighted by Crippen LogP contribution is -2.51. The van der Waals surface area contributed by atoms with E-state index in [1.165, 1.54) is 5.56 Å². The molecule has 0 radical (unpaired) electrons. The molecule has 1 aliphatic rings. The van der Waals surface area contributed by atoms with Gasteiger partial charge in [0, 0.05) is 18.2 Å².